The minimum atomic E-state index is -2.07. The third-order valence-corrected chi connectivity index (χ3v) is 11.9. The molecular weight excluding hydrogens is 480 g/mol. The Hall–Kier alpha value is -0.620. The van der Waals surface area contributed by atoms with E-state index in [4.69, 9.17) is 0 Å². The first kappa shape index (κ1) is 29.4. The van der Waals surface area contributed by atoms with Gasteiger partial charge in [0.05, 0.1) is 30.5 Å². The van der Waals surface area contributed by atoms with Crippen molar-refractivity contribution in [1.82, 2.24) is 0 Å². The lowest BCUT2D eigenvalue weighted by molar-refractivity contribution is -0.372. The average molecular weight is 529 g/mol. The fraction of sp³-hybridized carbons (Fsp3) is 0.929. The molecule has 0 aliphatic heterocycles. The Balaban J connectivity index is 1.71. The minimum Gasteiger partial charge on any atom is -0.393 e. The third kappa shape index (κ3) is 3.55. The van der Waals surface area contributed by atoms with Crippen molar-refractivity contribution in [2.24, 2.45) is 34.5 Å². The van der Waals surface area contributed by atoms with Gasteiger partial charge in [-0.15, -0.1) is 0 Å². The second kappa shape index (κ2) is 8.94. The summed E-state index contributed by atoms with van der Waals surface area (Å²) >= 11 is 0. The molecular formula is C28H48O9. The van der Waals surface area contributed by atoms with Gasteiger partial charge in [-0.2, -0.15) is 0 Å². The first-order valence-corrected chi connectivity index (χ1v) is 13.8. The van der Waals surface area contributed by atoms with Gasteiger partial charge in [-0.05, 0) is 56.8 Å². The second-order valence-electron chi connectivity index (χ2n) is 13.6. The minimum absolute atomic E-state index is 0.140. The van der Waals surface area contributed by atoms with Crippen LogP contribution in [0, 0.1) is 34.5 Å². The number of allylic oxidation sites excluding steroid dienone is 1. The molecule has 0 amide bonds. The number of hydrogen-bond acceptors (Lipinski definition) is 9. The highest BCUT2D eigenvalue weighted by molar-refractivity contribution is 5.31. The Morgan fingerprint density at radius 3 is 2.11 bits per heavy atom. The predicted octanol–water partition coefficient (Wildman–Crippen LogP) is -0.165. The van der Waals surface area contributed by atoms with Crippen LogP contribution in [0.15, 0.2) is 12.2 Å². The highest BCUT2D eigenvalue weighted by Crippen LogP contribution is 2.72. The van der Waals surface area contributed by atoms with Crippen molar-refractivity contribution in [3.63, 3.8) is 0 Å². The van der Waals surface area contributed by atoms with Gasteiger partial charge in [0.25, 0.3) is 0 Å². The molecule has 9 N–H and O–H groups in total. The van der Waals surface area contributed by atoms with Crippen molar-refractivity contribution < 1.29 is 46.0 Å². The molecule has 1 unspecified atom stereocenters. The Morgan fingerprint density at radius 2 is 1.51 bits per heavy atom. The lowest BCUT2D eigenvalue weighted by Crippen LogP contribution is -2.83. The summed E-state index contributed by atoms with van der Waals surface area (Å²) in [4.78, 5) is 0. The molecule has 0 radical (unpaired) electrons. The van der Waals surface area contributed by atoms with E-state index in [9.17, 15) is 46.0 Å². The molecule has 9 heteroatoms. The van der Waals surface area contributed by atoms with E-state index in [1.807, 2.05) is 26.0 Å². The summed E-state index contributed by atoms with van der Waals surface area (Å²) in [6, 6.07) is 0. The van der Waals surface area contributed by atoms with E-state index in [0.717, 1.165) is 0 Å². The summed E-state index contributed by atoms with van der Waals surface area (Å²) in [5, 5.41) is 99.9. The summed E-state index contributed by atoms with van der Waals surface area (Å²) in [6.07, 6.45) is -0.927. The number of aliphatic hydroxyl groups is 9. The van der Waals surface area contributed by atoms with E-state index in [-0.39, 0.29) is 43.6 Å². The summed E-state index contributed by atoms with van der Waals surface area (Å²) in [5.74, 6) is -1.44. The molecule has 37 heavy (non-hydrogen) atoms. The van der Waals surface area contributed by atoms with Gasteiger partial charge < -0.3 is 46.0 Å². The van der Waals surface area contributed by atoms with Crippen molar-refractivity contribution >= 4 is 0 Å². The lowest BCUT2D eigenvalue weighted by atomic mass is 9.38. The van der Waals surface area contributed by atoms with Crippen molar-refractivity contribution in [2.75, 3.05) is 6.61 Å². The Labute approximate surface area is 219 Å². The molecule has 0 saturated heterocycles. The highest BCUT2D eigenvalue weighted by atomic mass is 16.4. The molecule has 0 aromatic heterocycles. The fourth-order valence-corrected chi connectivity index (χ4v) is 9.13. The van der Waals surface area contributed by atoms with Gasteiger partial charge in [0.15, 0.2) is 0 Å². The van der Waals surface area contributed by atoms with Gasteiger partial charge in [0.1, 0.15) is 22.9 Å². The Morgan fingerprint density at radius 1 is 0.919 bits per heavy atom. The molecule has 0 aromatic carbocycles. The molecule has 0 spiro atoms. The number of aliphatic hydroxyl groups excluding tert-OH is 5. The number of rotatable bonds is 5. The van der Waals surface area contributed by atoms with Gasteiger partial charge in [-0.25, -0.2) is 0 Å². The van der Waals surface area contributed by atoms with E-state index >= 15 is 0 Å². The first-order valence-electron chi connectivity index (χ1n) is 13.8. The van der Waals surface area contributed by atoms with Crippen LogP contribution < -0.4 is 0 Å². The predicted molar refractivity (Wildman–Crippen MR) is 135 cm³/mol. The molecule has 0 heterocycles. The molecule has 0 aromatic rings. The number of fused-ring (bicyclic) bond motifs is 5. The van der Waals surface area contributed by atoms with E-state index in [1.165, 1.54) is 0 Å². The summed E-state index contributed by atoms with van der Waals surface area (Å²) in [7, 11) is 0. The topological polar surface area (TPSA) is 182 Å². The van der Waals surface area contributed by atoms with Crippen LogP contribution in [0.25, 0.3) is 0 Å². The van der Waals surface area contributed by atoms with E-state index in [2.05, 4.69) is 0 Å². The first-order chi connectivity index (χ1) is 16.9. The van der Waals surface area contributed by atoms with Gasteiger partial charge in [0, 0.05) is 23.2 Å². The van der Waals surface area contributed by atoms with Crippen LogP contribution in [-0.2, 0) is 0 Å². The molecule has 4 rings (SSSR count). The van der Waals surface area contributed by atoms with Gasteiger partial charge >= 0.3 is 0 Å². The van der Waals surface area contributed by atoms with Crippen LogP contribution in [0.3, 0.4) is 0 Å². The smallest absolute Gasteiger partial charge is 0.125 e. The van der Waals surface area contributed by atoms with Gasteiger partial charge in [-0.1, -0.05) is 39.8 Å². The maximum absolute atomic E-state index is 12.4. The summed E-state index contributed by atoms with van der Waals surface area (Å²) < 4.78 is 0. The Bertz CT molecular complexity index is 910. The fourth-order valence-electron chi connectivity index (χ4n) is 9.13. The molecule has 4 aliphatic rings. The third-order valence-electron chi connectivity index (χ3n) is 11.9. The normalized spacial score (nSPS) is 55.2. The molecule has 0 bridgehead atoms. The average Bonchev–Trinajstić information content (AvgIpc) is 3.05. The monoisotopic (exact) mass is 528 g/mol. The quantitative estimate of drug-likeness (QED) is 0.219. The van der Waals surface area contributed by atoms with Gasteiger partial charge in [0.2, 0.25) is 0 Å². The molecule has 4 fully saturated rings. The van der Waals surface area contributed by atoms with Gasteiger partial charge in [-0.3, -0.25) is 0 Å². The van der Waals surface area contributed by atoms with E-state index in [1.54, 1.807) is 20.8 Å². The maximum atomic E-state index is 12.4. The Kier molecular flexibility index (Phi) is 7.10. The second-order valence-corrected chi connectivity index (χ2v) is 13.6. The molecule has 4 aliphatic carbocycles. The van der Waals surface area contributed by atoms with Crippen LogP contribution in [0.5, 0.6) is 0 Å². The van der Waals surface area contributed by atoms with Crippen LogP contribution in [0.2, 0.25) is 0 Å². The SMILES string of the molecule is C[C@H](/C=C/[C@@H](C)[C@@](C)(O)CO)[C@H]1C[C@H](O)[C@@]2(O)[C@]3(O)C[C@H](O)[C@@]4(O)[C@@H](O)[C@@H](O)CC[C@]4(C)C3CC[C@]12C. The van der Waals surface area contributed by atoms with Crippen molar-refractivity contribution in [3.05, 3.63) is 12.2 Å². The zero-order valence-electron chi connectivity index (χ0n) is 22.7. The van der Waals surface area contributed by atoms with Crippen molar-refractivity contribution in [2.45, 2.75) is 120 Å². The van der Waals surface area contributed by atoms with Crippen LogP contribution in [0.1, 0.15) is 73.1 Å². The maximum Gasteiger partial charge on any atom is 0.125 e. The summed E-state index contributed by atoms with van der Waals surface area (Å²) in [6.45, 7) is 8.51. The van der Waals surface area contributed by atoms with Crippen LogP contribution in [0.4, 0.5) is 0 Å². The van der Waals surface area contributed by atoms with Crippen LogP contribution in [-0.4, -0.2) is 99.4 Å². The molecule has 9 nitrogen and oxygen atoms in total. The van der Waals surface area contributed by atoms with Crippen LogP contribution >= 0.6 is 0 Å². The molecule has 4 saturated carbocycles. The lowest BCUT2D eigenvalue weighted by Gasteiger charge is -2.71. The van der Waals surface area contributed by atoms with Crippen molar-refractivity contribution in [1.29, 1.82) is 0 Å². The van der Waals surface area contributed by atoms with Crippen molar-refractivity contribution in [3.8, 4) is 0 Å². The van der Waals surface area contributed by atoms with E-state index in [0.29, 0.717) is 12.8 Å². The largest absolute Gasteiger partial charge is 0.393 e. The standard InChI is InChI=1S/C28H48O9/c1-15(6-7-16(2)25(5,34)14-29)17-12-20(31)28(37)23(17,3)11-9-19-24(4)10-8-18(30)22(33)27(24,36)21(32)13-26(19,28)35/h6-7,15-22,29-37H,8-14H2,1-5H3/b7-6+/t15-,16-,17-,18+,19?,20+,21+,22+,23-,24-,25+,26+,27-,28+/m1/s1. The van der Waals surface area contributed by atoms with E-state index < -0.39 is 70.0 Å². The summed E-state index contributed by atoms with van der Waals surface area (Å²) in [5.41, 5.74) is -9.40. The molecule has 214 valence electrons. The highest BCUT2D eigenvalue weighted by Gasteiger charge is 2.81. The zero-order valence-corrected chi connectivity index (χ0v) is 22.7. The zero-order chi connectivity index (χ0) is 28.0. The number of hydrogen-bond donors (Lipinski definition) is 9. The molecule has 14 atom stereocenters.